The summed E-state index contributed by atoms with van der Waals surface area (Å²) in [4.78, 5) is 16.3. The topological polar surface area (TPSA) is 112 Å². The smallest absolute Gasteiger partial charge is 0.421 e. The molecular weight excluding hydrogens is 201 g/mol. The third-order valence-corrected chi connectivity index (χ3v) is 1.94. The normalized spacial score (nSPS) is 10.5. The summed E-state index contributed by atoms with van der Waals surface area (Å²) in [6.45, 7) is 0. The Morgan fingerprint density at radius 2 is 2.20 bits per heavy atom. The van der Waals surface area contributed by atoms with E-state index in [9.17, 15) is 10.1 Å². The first-order valence-corrected chi connectivity index (χ1v) is 4.08. The average molecular weight is 207 g/mol. The third kappa shape index (κ3) is 1.67. The van der Waals surface area contributed by atoms with Crippen LogP contribution in [0.15, 0.2) is 18.2 Å². The van der Waals surface area contributed by atoms with E-state index >= 15 is 0 Å². The molecule has 0 amide bonds. The van der Waals surface area contributed by atoms with Crippen molar-refractivity contribution in [1.29, 1.82) is 0 Å². The van der Waals surface area contributed by atoms with Gasteiger partial charge in [0.25, 0.3) is 5.69 Å². The molecule has 76 valence electrons. The minimum Gasteiger partial charge on any atom is -0.421 e. The summed E-state index contributed by atoms with van der Waals surface area (Å²) in [5.41, 5.74) is 0.728. The lowest BCUT2D eigenvalue weighted by Crippen LogP contribution is -2.33. The van der Waals surface area contributed by atoms with Gasteiger partial charge in [0, 0.05) is 12.1 Å². The van der Waals surface area contributed by atoms with Crippen molar-refractivity contribution in [1.82, 2.24) is 9.97 Å². The third-order valence-electron chi connectivity index (χ3n) is 1.94. The number of non-ortho nitro benzene ring substituents is 1. The monoisotopic (exact) mass is 207 g/mol. The van der Waals surface area contributed by atoms with Crippen LogP contribution in [0.1, 0.15) is 0 Å². The van der Waals surface area contributed by atoms with Crippen molar-refractivity contribution in [2.45, 2.75) is 0 Å². The van der Waals surface area contributed by atoms with Gasteiger partial charge in [-0.3, -0.25) is 10.1 Å². The molecule has 1 heterocycles. The van der Waals surface area contributed by atoms with Gasteiger partial charge in [0.05, 0.1) is 16.0 Å². The zero-order valence-corrected chi connectivity index (χ0v) is 7.41. The van der Waals surface area contributed by atoms with Crippen molar-refractivity contribution < 1.29 is 15.0 Å². The molecule has 0 radical (unpaired) electrons. The molecule has 0 saturated heterocycles. The fourth-order valence-electron chi connectivity index (χ4n) is 1.25. The Labute approximate surface area is 83.7 Å². The van der Waals surface area contributed by atoms with Gasteiger partial charge in [0.2, 0.25) is 0 Å². The second-order valence-electron chi connectivity index (χ2n) is 2.95. The Kier molecular flexibility index (Phi) is 2.14. The molecule has 15 heavy (non-hydrogen) atoms. The van der Waals surface area contributed by atoms with E-state index in [1.54, 1.807) is 0 Å². The average Bonchev–Trinajstić information content (AvgIpc) is 2.59. The summed E-state index contributed by atoms with van der Waals surface area (Å²) in [5, 5.41) is 28.1. The molecule has 2 rings (SSSR count). The Hall–Kier alpha value is -1.93. The molecule has 7 nitrogen and oxygen atoms in total. The molecule has 0 bridgehead atoms. The fourth-order valence-corrected chi connectivity index (χ4v) is 1.25. The van der Waals surface area contributed by atoms with Crippen molar-refractivity contribution in [3.63, 3.8) is 0 Å². The highest BCUT2D eigenvalue weighted by molar-refractivity contribution is 6.56. The summed E-state index contributed by atoms with van der Waals surface area (Å²) in [7, 11) is -1.71. The molecule has 2 aromatic rings. The largest absolute Gasteiger partial charge is 0.526 e. The second-order valence-corrected chi connectivity index (χ2v) is 2.95. The molecular formula is C7H6BN3O4. The molecule has 0 unspecified atom stereocenters. The van der Waals surface area contributed by atoms with Crippen LogP contribution >= 0.6 is 0 Å². The fraction of sp³-hybridized carbons (Fsp3) is 0. The van der Waals surface area contributed by atoms with Crippen molar-refractivity contribution in [3.05, 3.63) is 28.3 Å². The quantitative estimate of drug-likeness (QED) is 0.337. The molecule has 0 aliphatic carbocycles. The van der Waals surface area contributed by atoms with E-state index in [-0.39, 0.29) is 11.4 Å². The van der Waals surface area contributed by atoms with Crippen LogP contribution in [0, 0.1) is 10.1 Å². The zero-order valence-electron chi connectivity index (χ0n) is 7.41. The standard InChI is InChI=1S/C7H6BN3O4/c12-8(13)7-9-5-2-1-4(11(14)15)3-6(5)10-7/h1-3,12-13H,(H,9,10). The number of nitro groups is 1. The van der Waals surface area contributed by atoms with Gasteiger partial charge in [0.15, 0.2) is 0 Å². The lowest BCUT2D eigenvalue weighted by Gasteiger charge is -1.89. The number of hydrogen-bond donors (Lipinski definition) is 3. The van der Waals surface area contributed by atoms with Gasteiger partial charge in [0.1, 0.15) is 5.72 Å². The first kappa shape index (κ1) is 9.62. The van der Waals surface area contributed by atoms with E-state index in [0.29, 0.717) is 11.0 Å². The highest BCUT2D eigenvalue weighted by Crippen LogP contribution is 2.16. The van der Waals surface area contributed by atoms with E-state index < -0.39 is 12.0 Å². The highest BCUT2D eigenvalue weighted by atomic mass is 16.6. The van der Waals surface area contributed by atoms with Crippen LogP contribution in [-0.2, 0) is 0 Å². The number of fused-ring (bicyclic) bond motifs is 1. The number of aromatic nitrogens is 2. The molecule has 3 N–H and O–H groups in total. The molecule has 0 atom stereocenters. The highest BCUT2D eigenvalue weighted by Gasteiger charge is 2.17. The van der Waals surface area contributed by atoms with E-state index in [1.807, 2.05) is 0 Å². The number of nitrogens with zero attached hydrogens (tertiary/aromatic N) is 2. The van der Waals surface area contributed by atoms with Crippen LogP contribution in [0.5, 0.6) is 0 Å². The Bertz CT molecular complexity index is 524. The first-order valence-electron chi connectivity index (χ1n) is 4.08. The lowest BCUT2D eigenvalue weighted by atomic mass is 9.91. The predicted molar refractivity (Wildman–Crippen MR) is 52.6 cm³/mol. The predicted octanol–water partition coefficient (Wildman–Crippen LogP) is -0.849. The number of benzene rings is 1. The molecule has 0 spiro atoms. The molecule has 0 fully saturated rings. The first-order chi connectivity index (χ1) is 7.08. The van der Waals surface area contributed by atoms with E-state index in [1.165, 1.54) is 18.2 Å². The Balaban J connectivity index is 2.57. The second kappa shape index (κ2) is 3.33. The van der Waals surface area contributed by atoms with Crippen molar-refractivity contribution >= 4 is 29.6 Å². The maximum absolute atomic E-state index is 10.5. The molecule has 1 aromatic carbocycles. The Morgan fingerprint density at radius 3 is 2.80 bits per heavy atom. The minimum absolute atomic E-state index is 0.0366. The number of imidazole rings is 1. The van der Waals surface area contributed by atoms with Gasteiger partial charge < -0.3 is 15.0 Å². The number of aromatic amines is 1. The Morgan fingerprint density at radius 1 is 1.47 bits per heavy atom. The summed E-state index contributed by atoms with van der Waals surface area (Å²) < 4.78 is 0. The summed E-state index contributed by atoms with van der Waals surface area (Å²) in [6, 6.07) is 4.03. The summed E-state index contributed by atoms with van der Waals surface area (Å²) >= 11 is 0. The van der Waals surface area contributed by atoms with Crippen LogP contribution < -0.4 is 5.72 Å². The van der Waals surface area contributed by atoms with Crippen LogP contribution in [0.4, 0.5) is 5.69 Å². The SMILES string of the molecule is O=[N+]([O-])c1ccc2nc(B(O)O)[nH]c2c1. The summed E-state index contributed by atoms with van der Waals surface area (Å²) in [6.07, 6.45) is 0. The van der Waals surface area contributed by atoms with Gasteiger partial charge in [-0.1, -0.05) is 0 Å². The summed E-state index contributed by atoms with van der Waals surface area (Å²) in [5.74, 6) is 0. The van der Waals surface area contributed by atoms with Crippen LogP contribution in [0.2, 0.25) is 0 Å². The van der Waals surface area contributed by atoms with E-state index in [0.717, 1.165) is 0 Å². The molecule has 1 aromatic heterocycles. The number of nitro benzene ring substituents is 1. The number of rotatable bonds is 2. The number of nitrogens with one attached hydrogen (secondary N) is 1. The van der Waals surface area contributed by atoms with Crippen LogP contribution in [-0.4, -0.2) is 32.1 Å². The van der Waals surface area contributed by atoms with Crippen molar-refractivity contribution in [2.75, 3.05) is 0 Å². The van der Waals surface area contributed by atoms with Crippen molar-refractivity contribution in [3.8, 4) is 0 Å². The molecule has 0 saturated carbocycles. The van der Waals surface area contributed by atoms with Gasteiger partial charge >= 0.3 is 7.12 Å². The minimum atomic E-state index is -1.71. The van der Waals surface area contributed by atoms with Gasteiger partial charge in [-0.05, 0) is 6.07 Å². The van der Waals surface area contributed by atoms with Gasteiger partial charge in [-0.25, -0.2) is 4.98 Å². The van der Waals surface area contributed by atoms with Crippen LogP contribution in [0.25, 0.3) is 11.0 Å². The lowest BCUT2D eigenvalue weighted by molar-refractivity contribution is -0.384. The number of hydrogen-bond acceptors (Lipinski definition) is 5. The van der Waals surface area contributed by atoms with E-state index in [4.69, 9.17) is 10.0 Å². The van der Waals surface area contributed by atoms with Crippen molar-refractivity contribution in [2.24, 2.45) is 0 Å². The maximum Gasteiger partial charge on any atom is 0.526 e. The maximum atomic E-state index is 10.5. The van der Waals surface area contributed by atoms with Crippen LogP contribution in [0.3, 0.4) is 0 Å². The zero-order chi connectivity index (χ0) is 11.0. The van der Waals surface area contributed by atoms with E-state index in [2.05, 4.69) is 9.97 Å². The van der Waals surface area contributed by atoms with Gasteiger partial charge in [-0.2, -0.15) is 0 Å². The number of H-pyrrole nitrogens is 1. The molecule has 0 aliphatic heterocycles. The van der Waals surface area contributed by atoms with Gasteiger partial charge in [-0.15, -0.1) is 0 Å². The molecule has 8 heteroatoms. The molecule has 0 aliphatic rings.